The minimum absolute atomic E-state index is 0.129. The maximum atomic E-state index is 12.6. The number of hydrogen-bond acceptors (Lipinski definition) is 4. The molecule has 0 aromatic carbocycles. The maximum Gasteiger partial charge on any atom is 0.237 e. The molecule has 0 saturated heterocycles. The lowest BCUT2D eigenvalue weighted by atomic mass is 9.93. The van der Waals surface area contributed by atoms with Crippen molar-refractivity contribution < 1.29 is 14.3 Å². The molecule has 1 amide bonds. The molecule has 3 atom stereocenters. The van der Waals surface area contributed by atoms with Gasteiger partial charge in [-0.25, -0.2) is 0 Å². The van der Waals surface area contributed by atoms with Crippen LogP contribution in [-0.4, -0.2) is 42.5 Å². The molecule has 0 heterocycles. The number of rotatable bonds is 10. The van der Waals surface area contributed by atoms with Gasteiger partial charge in [0.15, 0.2) is 5.78 Å². The third-order valence-corrected chi connectivity index (χ3v) is 3.90. The summed E-state index contributed by atoms with van der Waals surface area (Å²) in [6, 6.07) is -0.0360. The summed E-state index contributed by atoms with van der Waals surface area (Å²) in [4.78, 5) is 24.9. The van der Waals surface area contributed by atoms with E-state index in [4.69, 9.17) is 4.74 Å². The summed E-state index contributed by atoms with van der Waals surface area (Å²) < 4.78 is 5.07. The van der Waals surface area contributed by atoms with Gasteiger partial charge in [-0.15, -0.1) is 0 Å². The van der Waals surface area contributed by atoms with Crippen LogP contribution in [0.4, 0.5) is 0 Å². The highest BCUT2D eigenvalue weighted by atomic mass is 16.5. The predicted molar refractivity (Wildman–Crippen MR) is 89.8 cm³/mol. The van der Waals surface area contributed by atoms with Gasteiger partial charge in [0, 0.05) is 13.2 Å². The fraction of sp³-hybridized carbons (Fsp3) is 0.882. The van der Waals surface area contributed by atoms with Crippen LogP contribution in [0.2, 0.25) is 0 Å². The lowest BCUT2D eigenvalue weighted by molar-refractivity contribution is -0.138. The average molecular weight is 314 g/mol. The van der Waals surface area contributed by atoms with E-state index in [1.54, 1.807) is 20.8 Å². The Morgan fingerprint density at radius 2 is 1.68 bits per heavy atom. The van der Waals surface area contributed by atoms with E-state index < -0.39 is 11.6 Å². The molecule has 0 spiro atoms. The molecule has 22 heavy (non-hydrogen) atoms. The fourth-order valence-electron chi connectivity index (χ4n) is 2.26. The van der Waals surface area contributed by atoms with E-state index >= 15 is 0 Å². The minimum Gasteiger partial charge on any atom is -0.374 e. The van der Waals surface area contributed by atoms with E-state index in [9.17, 15) is 9.59 Å². The van der Waals surface area contributed by atoms with E-state index in [0.717, 1.165) is 12.8 Å². The van der Waals surface area contributed by atoms with Crippen molar-refractivity contribution in [3.8, 4) is 0 Å². The molecule has 0 aliphatic carbocycles. The third-order valence-electron chi connectivity index (χ3n) is 3.90. The highest BCUT2D eigenvalue weighted by Gasteiger charge is 2.35. The Labute approximate surface area is 135 Å². The summed E-state index contributed by atoms with van der Waals surface area (Å²) in [6.07, 6.45) is 1.15. The van der Waals surface area contributed by atoms with Crippen LogP contribution in [0.1, 0.15) is 61.3 Å². The molecule has 0 aliphatic rings. The number of Topliss-reactive ketones (excluding diaryl/α,β-unsaturated/α-hetero) is 1. The molecule has 0 radical (unpaired) electrons. The average Bonchev–Trinajstić information content (AvgIpc) is 2.43. The third kappa shape index (κ3) is 6.88. The number of nitrogens with one attached hydrogen (secondary N) is 2. The van der Waals surface area contributed by atoms with Crippen molar-refractivity contribution in [1.82, 2.24) is 10.6 Å². The number of ether oxygens (including phenoxy) is 1. The topological polar surface area (TPSA) is 67.4 Å². The lowest BCUT2D eigenvalue weighted by Gasteiger charge is -2.31. The number of methoxy groups -OCH3 is 1. The maximum absolute atomic E-state index is 12.6. The van der Waals surface area contributed by atoms with Gasteiger partial charge in [-0.1, -0.05) is 20.8 Å². The number of carbonyl (C=O) groups is 2. The second kappa shape index (κ2) is 9.26. The first-order valence-electron chi connectivity index (χ1n) is 8.20. The smallest absolute Gasteiger partial charge is 0.237 e. The summed E-state index contributed by atoms with van der Waals surface area (Å²) >= 11 is 0. The van der Waals surface area contributed by atoms with Crippen LogP contribution in [0.3, 0.4) is 0 Å². The molecule has 0 aromatic rings. The quantitative estimate of drug-likeness (QED) is 0.649. The Kier molecular flexibility index (Phi) is 8.86. The van der Waals surface area contributed by atoms with Crippen LogP contribution in [0, 0.1) is 5.92 Å². The van der Waals surface area contributed by atoms with E-state index in [-0.39, 0.29) is 23.8 Å². The summed E-state index contributed by atoms with van der Waals surface area (Å²) in [7, 11) is 1.49. The number of amides is 1. The van der Waals surface area contributed by atoms with Crippen LogP contribution < -0.4 is 10.6 Å². The van der Waals surface area contributed by atoms with Crippen LogP contribution in [0.25, 0.3) is 0 Å². The second-order valence-electron chi connectivity index (χ2n) is 7.01. The van der Waals surface area contributed by atoms with E-state index in [2.05, 4.69) is 38.3 Å². The minimum atomic E-state index is -0.946. The van der Waals surface area contributed by atoms with Crippen LogP contribution >= 0.6 is 0 Å². The van der Waals surface area contributed by atoms with Gasteiger partial charge >= 0.3 is 0 Å². The van der Waals surface area contributed by atoms with Gasteiger partial charge < -0.3 is 15.4 Å². The first-order valence-corrected chi connectivity index (χ1v) is 8.20. The van der Waals surface area contributed by atoms with Crippen molar-refractivity contribution in [2.75, 3.05) is 7.11 Å². The van der Waals surface area contributed by atoms with Gasteiger partial charge in [-0.2, -0.15) is 0 Å². The van der Waals surface area contributed by atoms with Crippen LogP contribution in [-0.2, 0) is 14.3 Å². The van der Waals surface area contributed by atoms with E-state index in [1.165, 1.54) is 7.11 Å². The van der Waals surface area contributed by atoms with E-state index in [1.807, 2.05) is 0 Å². The second-order valence-corrected chi connectivity index (χ2v) is 7.01. The van der Waals surface area contributed by atoms with Gasteiger partial charge in [0.05, 0.1) is 11.6 Å². The summed E-state index contributed by atoms with van der Waals surface area (Å²) in [5, 5.41) is 6.22. The molecule has 0 bridgehead atoms. The van der Waals surface area contributed by atoms with E-state index in [0.29, 0.717) is 5.92 Å². The molecule has 5 nitrogen and oxygen atoms in total. The van der Waals surface area contributed by atoms with Crippen LogP contribution in [0.5, 0.6) is 0 Å². The zero-order chi connectivity index (χ0) is 17.5. The Morgan fingerprint density at radius 3 is 2.09 bits per heavy atom. The molecule has 2 N–H and O–H groups in total. The van der Waals surface area contributed by atoms with Gasteiger partial charge in [0.1, 0.15) is 6.10 Å². The number of ketones is 1. The predicted octanol–water partition coefficient (Wildman–Crippen LogP) is 2.29. The molecular weight excluding hydrogens is 280 g/mol. The number of carbonyl (C=O) groups excluding carboxylic acids is 2. The van der Waals surface area contributed by atoms with Gasteiger partial charge in [0.25, 0.3) is 0 Å². The molecule has 0 fully saturated rings. The molecule has 5 heteroatoms. The Morgan fingerprint density at radius 1 is 1.14 bits per heavy atom. The largest absolute Gasteiger partial charge is 0.374 e. The summed E-state index contributed by atoms with van der Waals surface area (Å²) in [5.74, 6) is 0.134. The molecule has 0 saturated carbocycles. The molecule has 0 rings (SSSR count). The molecule has 3 unspecified atom stereocenters. The van der Waals surface area contributed by atoms with Crippen molar-refractivity contribution in [3.63, 3.8) is 0 Å². The zero-order valence-corrected chi connectivity index (χ0v) is 15.4. The number of hydrogen-bond donors (Lipinski definition) is 2. The highest BCUT2D eigenvalue weighted by molar-refractivity contribution is 5.96. The van der Waals surface area contributed by atoms with Gasteiger partial charge in [0.2, 0.25) is 5.91 Å². The van der Waals surface area contributed by atoms with Gasteiger partial charge in [-0.05, 0) is 46.5 Å². The van der Waals surface area contributed by atoms with Crippen molar-refractivity contribution in [2.24, 2.45) is 5.92 Å². The Balaban J connectivity index is 4.96. The van der Waals surface area contributed by atoms with Crippen molar-refractivity contribution in [3.05, 3.63) is 0 Å². The fourth-order valence-corrected chi connectivity index (χ4v) is 2.26. The molecular formula is C17H34N2O3. The Hall–Kier alpha value is -0.940. The Bertz CT molecular complexity index is 367. The SMILES string of the molecule is CCC(C)NC(CC(C)C)C(=O)NC(C)(C)C(=O)C(C)OC. The standard InChI is InChI=1S/C17H34N2O3/c1-9-12(4)18-14(10-11(2)3)16(21)19-17(6,7)15(20)13(5)22-8/h11-14,18H,9-10H2,1-8H3,(H,19,21). The normalized spacial score (nSPS) is 16.2. The molecule has 0 aliphatic heterocycles. The molecule has 130 valence electrons. The highest BCUT2D eigenvalue weighted by Crippen LogP contribution is 2.12. The monoisotopic (exact) mass is 314 g/mol. The molecule has 0 aromatic heterocycles. The first-order chi connectivity index (χ1) is 10.0. The van der Waals surface area contributed by atoms with Crippen molar-refractivity contribution in [1.29, 1.82) is 0 Å². The summed E-state index contributed by atoms with van der Waals surface area (Å²) in [6.45, 7) is 13.4. The van der Waals surface area contributed by atoms with Crippen molar-refractivity contribution >= 4 is 11.7 Å². The van der Waals surface area contributed by atoms with Crippen molar-refractivity contribution in [2.45, 2.75) is 85.0 Å². The summed E-state index contributed by atoms with van der Waals surface area (Å²) in [5.41, 5.74) is -0.946. The van der Waals surface area contributed by atoms with Gasteiger partial charge in [-0.3, -0.25) is 9.59 Å². The lowest BCUT2D eigenvalue weighted by Crippen LogP contribution is -2.58. The van der Waals surface area contributed by atoms with Crippen LogP contribution in [0.15, 0.2) is 0 Å². The zero-order valence-electron chi connectivity index (χ0n) is 15.4. The first kappa shape index (κ1) is 21.1.